The molecule has 2 aliphatic rings. The number of quaternary nitrogens is 1. The molecule has 2 aromatic carbocycles. The van der Waals surface area contributed by atoms with E-state index < -0.39 is 0 Å². The molecule has 0 aromatic heterocycles. The van der Waals surface area contributed by atoms with Crippen LogP contribution in [0.3, 0.4) is 0 Å². The summed E-state index contributed by atoms with van der Waals surface area (Å²) in [6, 6.07) is 13.6. The van der Waals surface area contributed by atoms with Gasteiger partial charge in [-0.25, -0.2) is 4.79 Å². The topological polar surface area (TPSA) is 55.8 Å². The fourth-order valence-corrected chi connectivity index (χ4v) is 5.99. The van der Waals surface area contributed by atoms with Gasteiger partial charge < -0.3 is 18.9 Å². The van der Waals surface area contributed by atoms with Gasteiger partial charge in [-0.3, -0.25) is 4.79 Å². The largest absolute Gasteiger partial charge is 0.497 e. The van der Waals surface area contributed by atoms with Crippen LogP contribution in [0.25, 0.3) is 0 Å². The van der Waals surface area contributed by atoms with Crippen molar-refractivity contribution in [3.63, 3.8) is 0 Å². The van der Waals surface area contributed by atoms with Crippen LogP contribution in [0, 0.1) is 13.8 Å². The number of esters is 1. The Morgan fingerprint density at radius 3 is 2.29 bits per heavy atom. The molecule has 0 radical (unpaired) electrons. The van der Waals surface area contributed by atoms with E-state index in [0.717, 1.165) is 79.7 Å². The van der Waals surface area contributed by atoms with Crippen molar-refractivity contribution in [2.75, 3.05) is 38.2 Å². The summed E-state index contributed by atoms with van der Waals surface area (Å²) >= 11 is 0. The Balaban J connectivity index is 1.57. The molecule has 0 aliphatic carbocycles. The number of aryl methyl sites for hydroxylation is 2. The second-order valence-corrected chi connectivity index (χ2v) is 10.1. The van der Waals surface area contributed by atoms with E-state index in [1.165, 1.54) is 0 Å². The lowest BCUT2D eigenvalue weighted by Gasteiger charge is -2.46. The van der Waals surface area contributed by atoms with Gasteiger partial charge in [0.2, 0.25) is 0 Å². The first-order valence-electron chi connectivity index (χ1n) is 13.0. The average Bonchev–Trinajstić information content (AvgIpc) is 3.10. The summed E-state index contributed by atoms with van der Waals surface area (Å²) in [5.41, 5.74) is 4.05. The summed E-state index contributed by atoms with van der Waals surface area (Å²) < 4.78 is 11.7. The van der Waals surface area contributed by atoms with E-state index in [4.69, 9.17) is 9.47 Å². The highest BCUT2D eigenvalue weighted by Gasteiger charge is 2.47. The maximum Gasteiger partial charge on any atom is 0.362 e. The maximum atomic E-state index is 14.1. The number of amides is 1. The van der Waals surface area contributed by atoms with Crippen molar-refractivity contribution < 1.29 is 23.5 Å². The Hall–Kier alpha value is -2.86. The summed E-state index contributed by atoms with van der Waals surface area (Å²) in [7, 11) is 1.67. The van der Waals surface area contributed by atoms with Gasteiger partial charge in [-0.15, -0.1) is 0 Å². The van der Waals surface area contributed by atoms with Gasteiger partial charge in [0, 0.05) is 18.7 Å². The Morgan fingerprint density at radius 2 is 1.66 bits per heavy atom. The molecule has 0 bridgehead atoms. The minimum Gasteiger partial charge on any atom is -0.497 e. The van der Waals surface area contributed by atoms with Crippen molar-refractivity contribution in [3.8, 4) is 5.75 Å². The summed E-state index contributed by atoms with van der Waals surface area (Å²) in [5.74, 6) is 0.741. The first-order valence-corrected chi connectivity index (χ1v) is 13.0. The number of ether oxygens (including phenoxy) is 2. The predicted molar refractivity (Wildman–Crippen MR) is 137 cm³/mol. The molecule has 6 heteroatoms. The fourth-order valence-electron chi connectivity index (χ4n) is 5.99. The van der Waals surface area contributed by atoms with Crippen molar-refractivity contribution in [2.45, 2.75) is 65.0 Å². The van der Waals surface area contributed by atoms with Crippen molar-refractivity contribution in [1.29, 1.82) is 0 Å². The van der Waals surface area contributed by atoms with Gasteiger partial charge in [0.1, 0.15) is 12.4 Å². The van der Waals surface area contributed by atoms with Crippen LogP contribution >= 0.6 is 0 Å². The van der Waals surface area contributed by atoms with Crippen molar-refractivity contribution in [3.05, 3.63) is 59.2 Å². The average molecular weight is 480 g/mol. The van der Waals surface area contributed by atoms with Crippen molar-refractivity contribution >= 4 is 17.6 Å². The summed E-state index contributed by atoms with van der Waals surface area (Å²) in [6.45, 7) is 7.03. The second kappa shape index (κ2) is 11.3. The van der Waals surface area contributed by atoms with Crippen molar-refractivity contribution in [2.24, 2.45) is 0 Å². The molecule has 1 amide bonds. The number of benzene rings is 2. The molecular weight excluding hydrogens is 440 g/mol. The van der Waals surface area contributed by atoms with Crippen LogP contribution in [0.2, 0.25) is 0 Å². The summed E-state index contributed by atoms with van der Waals surface area (Å²) in [5, 5.41) is 0. The molecule has 2 heterocycles. The third kappa shape index (κ3) is 5.69. The monoisotopic (exact) mass is 479 g/mol. The normalized spacial score (nSPS) is 20.3. The van der Waals surface area contributed by atoms with E-state index in [1.54, 1.807) is 7.11 Å². The van der Waals surface area contributed by atoms with E-state index in [0.29, 0.717) is 11.0 Å². The molecule has 1 atom stereocenters. The molecule has 2 saturated heterocycles. The van der Waals surface area contributed by atoms with E-state index in [2.05, 4.69) is 0 Å². The molecule has 0 spiro atoms. The van der Waals surface area contributed by atoms with Crippen LogP contribution in [-0.2, 0) is 20.9 Å². The van der Waals surface area contributed by atoms with Crippen LogP contribution in [-0.4, -0.2) is 55.7 Å². The number of carbonyl (C=O) groups is 2. The number of hydrogen-bond donors (Lipinski definition) is 0. The smallest absolute Gasteiger partial charge is 0.362 e. The van der Waals surface area contributed by atoms with Gasteiger partial charge >= 0.3 is 5.97 Å². The minimum atomic E-state index is -0.216. The first kappa shape index (κ1) is 25.2. The number of carbonyl (C=O) groups excluding carboxylic acids is 2. The van der Waals surface area contributed by atoms with E-state index >= 15 is 0 Å². The van der Waals surface area contributed by atoms with Crippen LogP contribution in [0.5, 0.6) is 5.75 Å². The molecule has 35 heavy (non-hydrogen) atoms. The zero-order chi connectivity index (χ0) is 24.8. The lowest BCUT2D eigenvalue weighted by molar-refractivity contribution is -0.936. The number of anilines is 1. The molecule has 0 N–H and O–H groups in total. The van der Waals surface area contributed by atoms with Crippen LogP contribution in [0.1, 0.15) is 55.2 Å². The molecule has 6 nitrogen and oxygen atoms in total. The van der Waals surface area contributed by atoms with E-state index in [-0.39, 0.29) is 31.1 Å². The summed E-state index contributed by atoms with van der Waals surface area (Å²) in [4.78, 5) is 29.2. The Labute approximate surface area is 209 Å². The molecule has 1 unspecified atom stereocenters. The highest BCUT2D eigenvalue weighted by atomic mass is 16.5. The predicted octanol–water partition coefficient (Wildman–Crippen LogP) is 4.94. The number of likely N-dealkylation sites (tertiary alicyclic amines) is 1. The van der Waals surface area contributed by atoms with Crippen LogP contribution < -0.4 is 9.64 Å². The number of methoxy groups -OCH3 is 1. The first-order chi connectivity index (χ1) is 16.9. The minimum absolute atomic E-state index is 0.144. The van der Waals surface area contributed by atoms with Gasteiger partial charge in [0.25, 0.3) is 5.91 Å². The Kier molecular flexibility index (Phi) is 8.11. The number of hydrogen-bond acceptors (Lipinski definition) is 4. The maximum absolute atomic E-state index is 14.1. The van der Waals surface area contributed by atoms with Crippen LogP contribution in [0.15, 0.2) is 42.5 Å². The van der Waals surface area contributed by atoms with Gasteiger partial charge in [0.05, 0.1) is 20.2 Å². The summed E-state index contributed by atoms with van der Waals surface area (Å²) in [6.07, 6.45) is 6.13. The SMILES string of the molecule is COc1cc(C)c(N2CCCC([N+]3(CC(=O)OCc4ccccc4)CCCCCC3)C2=O)c(C)c1. The highest BCUT2D eigenvalue weighted by Crippen LogP contribution is 2.35. The number of nitrogens with zero attached hydrogens (tertiary/aromatic N) is 2. The third-order valence-corrected chi connectivity index (χ3v) is 7.69. The van der Waals surface area contributed by atoms with Crippen molar-refractivity contribution in [1.82, 2.24) is 0 Å². The molecule has 188 valence electrons. The van der Waals surface area contributed by atoms with E-state index in [1.807, 2.05) is 61.2 Å². The Morgan fingerprint density at radius 1 is 1.00 bits per heavy atom. The highest BCUT2D eigenvalue weighted by molar-refractivity contribution is 5.98. The second-order valence-electron chi connectivity index (χ2n) is 10.1. The third-order valence-electron chi connectivity index (χ3n) is 7.69. The molecule has 0 saturated carbocycles. The zero-order valence-electron chi connectivity index (χ0n) is 21.4. The fraction of sp³-hybridized carbons (Fsp3) is 0.517. The van der Waals surface area contributed by atoms with Gasteiger partial charge in [0.15, 0.2) is 12.6 Å². The zero-order valence-corrected chi connectivity index (χ0v) is 21.4. The van der Waals surface area contributed by atoms with Gasteiger partial charge in [-0.1, -0.05) is 30.3 Å². The lowest BCUT2D eigenvalue weighted by atomic mass is 9.96. The standard InChI is InChI=1S/C29H39N2O4/c1-22-18-25(34-3)19-23(2)28(22)30-15-11-14-26(29(30)33)31(16-9-4-5-10-17-31)20-27(32)35-21-24-12-7-6-8-13-24/h6-8,12-13,18-19,26H,4-5,9-11,14-17,20-21H2,1-3H3/q+1. The molecule has 2 aromatic rings. The molecule has 2 aliphatic heterocycles. The molecule has 2 fully saturated rings. The number of piperidine rings is 1. The van der Waals surface area contributed by atoms with Gasteiger partial charge in [-0.05, 0) is 74.8 Å². The number of rotatable bonds is 7. The lowest BCUT2D eigenvalue weighted by Crippen LogP contribution is -2.65. The van der Waals surface area contributed by atoms with E-state index in [9.17, 15) is 9.59 Å². The van der Waals surface area contributed by atoms with Crippen LogP contribution in [0.4, 0.5) is 5.69 Å². The molecule has 4 rings (SSSR count). The van der Waals surface area contributed by atoms with Gasteiger partial charge in [-0.2, -0.15) is 0 Å². The quantitative estimate of drug-likeness (QED) is 0.417. The Bertz CT molecular complexity index is 1010. The molecular formula is C29H39N2O4+.